The molecule has 0 aliphatic heterocycles. The monoisotopic (exact) mass is 1580 g/mol. The van der Waals surface area contributed by atoms with Gasteiger partial charge in [-0.3, -0.25) is 37.3 Å². The second-order valence-corrected chi connectivity index (χ2v) is 35.6. The van der Waals surface area contributed by atoms with Gasteiger partial charge in [-0.25, -0.2) is 9.13 Å². The van der Waals surface area contributed by atoms with Crippen molar-refractivity contribution in [3.63, 3.8) is 0 Å². The highest BCUT2D eigenvalue weighted by molar-refractivity contribution is 7.47. The fraction of sp³-hybridized carbons (Fsp3) is 0.955. The summed E-state index contributed by atoms with van der Waals surface area (Å²) in [5.74, 6) is -0.417. The zero-order valence-electron chi connectivity index (χ0n) is 71.2. The summed E-state index contributed by atoms with van der Waals surface area (Å²) >= 11 is 0. The molecule has 0 amide bonds. The van der Waals surface area contributed by atoms with Gasteiger partial charge in [0.2, 0.25) is 0 Å². The summed E-state index contributed by atoms with van der Waals surface area (Å²) < 4.78 is 68.9. The van der Waals surface area contributed by atoms with Crippen LogP contribution in [0.1, 0.15) is 478 Å². The Hall–Kier alpha value is -1.94. The Bertz CT molecular complexity index is 2070. The third kappa shape index (κ3) is 80.7. The highest BCUT2D eigenvalue weighted by Gasteiger charge is 2.31. The molecule has 6 atom stereocenters. The molecule has 0 saturated heterocycles. The van der Waals surface area contributed by atoms with Gasteiger partial charge in [-0.2, -0.15) is 0 Å². The molecule has 0 spiro atoms. The van der Waals surface area contributed by atoms with Crippen molar-refractivity contribution in [3.8, 4) is 0 Å². The van der Waals surface area contributed by atoms with Crippen molar-refractivity contribution in [1.82, 2.24) is 0 Å². The molecule has 0 aromatic carbocycles. The second kappa shape index (κ2) is 80.3. The number of aliphatic hydroxyl groups excluding tert-OH is 1. The molecule has 3 N–H and O–H groups in total. The number of carbonyl (C=O) groups is 4. The number of unbranched alkanes of at least 4 members (excludes halogenated alkanes) is 57. The standard InChI is InChI=1S/C89H174O17P2/c1-7-10-12-14-16-18-19-20-21-22-23-27-34-39-44-49-55-61-67-73-88(93)105-84(77-99-86(91)71-65-59-53-17-15-13-11-8-2)79-103-107(95,96)101-75-83(90)76-102-108(97,98)104-80-85(78-100-87(92)72-66-60-54-48-43-38-33-30-29-31-36-41-46-51-57-63-69-81(4)5)106-89(94)74-68-62-56-50-45-40-35-28-25-24-26-32-37-42-47-52-58-64-70-82(6)9-3/h81-85,90H,7-80H2,1-6H3,(H,95,96)(H,97,98)/t82?,83-,84+,85+/m0/s1. The van der Waals surface area contributed by atoms with E-state index in [9.17, 15) is 43.2 Å². The van der Waals surface area contributed by atoms with Gasteiger partial charge in [-0.05, 0) is 37.5 Å². The lowest BCUT2D eigenvalue weighted by Gasteiger charge is -2.21. The van der Waals surface area contributed by atoms with Crippen molar-refractivity contribution in [1.29, 1.82) is 0 Å². The molecule has 108 heavy (non-hydrogen) atoms. The van der Waals surface area contributed by atoms with Crippen LogP contribution in [0.2, 0.25) is 0 Å². The first kappa shape index (κ1) is 106. The van der Waals surface area contributed by atoms with Gasteiger partial charge in [0.25, 0.3) is 0 Å². The van der Waals surface area contributed by atoms with E-state index >= 15 is 0 Å². The van der Waals surface area contributed by atoms with Crippen molar-refractivity contribution in [2.24, 2.45) is 11.8 Å². The Morgan fingerprint density at radius 1 is 0.269 bits per heavy atom. The van der Waals surface area contributed by atoms with E-state index in [1.807, 2.05) is 0 Å². The normalized spacial score (nSPS) is 14.0. The number of phosphoric ester groups is 2. The Morgan fingerprint density at radius 2 is 0.472 bits per heavy atom. The summed E-state index contributed by atoms with van der Waals surface area (Å²) in [7, 11) is -9.93. The van der Waals surface area contributed by atoms with Gasteiger partial charge in [-0.15, -0.1) is 0 Å². The average Bonchev–Trinajstić information content (AvgIpc) is 0.899. The average molecular weight is 1580 g/mol. The molecule has 0 fully saturated rings. The number of aliphatic hydroxyl groups is 1. The van der Waals surface area contributed by atoms with Gasteiger partial charge in [0, 0.05) is 25.7 Å². The Balaban J connectivity index is 5.17. The number of phosphoric acid groups is 2. The number of hydrogen-bond acceptors (Lipinski definition) is 15. The molecule has 642 valence electrons. The van der Waals surface area contributed by atoms with E-state index in [4.69, 9.17) is 37.0 Å². The van der Waals surface area contributed by atoms with E-state index in [1.165, 1.54) is 295 Å². The van der Waals surface area contributed by atoms with Crippen LogP contribution in [-0.2, 0) is 65.4 Å². The van der Waals surface area contributed by atoms with E-state index in [-0.39, 0.29) is 25.7 Å². The Kier molecular flexibility index (Phi) is 78.8. The fourth-order valence-electron chi connectivity index (χ4n) is 13.9. The molecule has 3 unspecified atom stereocenters. The molecule has 0 aromatic rings. The fourth-order valence-corrected chi connectivity index (χ4v) is 15.5. The Labute approximate surface area is 664 Å². The van der Waals surface area contributed by atoms with E-state index in [0.717, 1.165) is 102 Å². The summed E-state index contributed by atoms with van der Waals surface area (Å²) in [6.07, 6.45) is 73.7. The van der Waals surface area contributed by atoms with Crippen LogP contribution in [0.25, 0.3) is 0 Å². The maximum atomic E-state index is 13.2. The predicted octanol–water partition coefficient (Wildman–Crippen LogP) is 27.4. The van der Waals surface area contributed by atoms with Crippen molar-refractivity contribution < 1.29 is 80.2 Å². The first-order valence-corrected chi connectivity index (χ1v) is 49.0. The lowest BCUT2D eigenvalue weighted by molar-refractivity contribution is -0.161. The number of esters is 4. The van der Waals surface area contributed by atoms with Crippen LogP contribution in [0, 0.1) is 11.8 Å². The van der Waals surface area contributed by atoms with Crippen LogP contribution >= 0.6 is 15.6 Å². The Morgan fingerprint density at radius 3 is 0.704 bits per heavy atom. The third-order valence-electron chi connectivity index (χ3n) is 21.3. The molecule has 0 saturated carbocycles. The zero-order valence-corrected chi connectivity index (χ0v) is 73.0. The van der Waals surface area contributed by atoms with E-state index in [2.05, 4.69) is 41.5 Å². The van der Waals surface area contributed by atoms with Gasteiger partial charge in [0.05, 0.1) is 26.4 Å². The summed E-state index contributed by atoms with van der Waals surface area (Å²) in [6, 6.07) is 0. The highest BCUT2D eigenvalue weighted by Crippen LogP contribution is 2.45. The van der Waals surface area contributed by atoms with Crippen LogP contribution in [0.5, 0.6) is 0 Å². The van der Waals surface area contributed by atoms with Crippen molar-refractivity contribution >= 4 is 39.5 Å². The number of ether oxygens (including phenoxy) is 4. The van der Waals surface area contributed by atoms with Crippen LogP contribution in [0.3, 0.4) is 0 Å². The third-order valence-corrected chi connectivity index (χ3v) is 23.2. The molecular weight excluding hydrogens is 1400 g/mol. The number of rotatable bonds is 88. The smallest absolute Gasteiger partial charge is 0.462 e. The molecule has 0 aliphatic carbocycles. The molecule has 17 nitrogen and oxygen atoms in total. The molecule has 0 heterocycles. The highest BCUT2D eigenvalue weighted by atomic mass is 31.2. The summed E-state index contributed by atoms with van der Waals surface area (Å²) in [4.78, 5) is 73.2. The summed E-state index contributed by atoms with van der Waals surface area (Å²) in [5, 5.41) is 10.7. The topological polar surface area (TPSA) is 237 Å². The predicted molar refractivity (Wildman–Crippen MR) is 446 cm³/mol. The quantitative estimate of drug-likeness (QED) is 0.0222. The first-order valence-electron chi connectivity index (χ1n) is 46.0. The second-order valence-electron chi connectivity index (χ2n) is 32.7. The minimum atomic E-state index is -4.97. The minimum absolute atomic E-state index is 0.109. The van der Waals surface area contributed by atoms with Crippen LogP contribution in [-0.4, -0.2) is 96.7 Å². The maximum Gasteiger partial charge on any atom is 0.472 e. The van der Waals surface area contributed by atoms with Gasteiger partial charge in [0.15, 0.2) is 12.2 Å². The first-order chi connectivity index (χ1) is 52.4. The molecule has 19 heteroatoms. The molecule has 0 bridgehead atoms. The molecule has 0 aliphatic rings. The largest absolute Gasteiger partial charge is 0.472 e. The lowest BCUT2D eigenvalue weighted by atomic mass is 9.99. The SMILES string of the molecule is CCCCCCCCCCCCCCCCCCCCCC(=O)O[C@H](COC(=O)CCCCCCCCCC)COP(=O)(O)OC[C@H](O)COP(=O)(O)OC[C@@H](COC(=O)CCCCCCCCCCCCCCCCCCC(C)C)OC(=O)CCCCCCCCCCCCCCCCCCCCC(C)CC. The van der Waals surface area contributed by atoms with Crippen molar-refractivity contribution in [2.45, 2.75) is 496 Å². The lowest BCUT2D eigenvalue weighted by Crippen LogP contribution is -2.30. The van der Waals surface area contributed by atoms with Crippen LogP contribution in [0.4, 0.5) is 0 Å². The molecule has 0 rings (SSSR count). The van der Waals surface area contributed by atoms with Gasteiger partial charge < -0.3 is 33.8 Å². The van der Waals surface area contributed by atoms with E-state index < -0.39 is 97.5 Å². The molecule has 0 radical (unpaired) electrons. The van der Waals surface area contributed by atoms with Crippen molar-refractivity contribution in [2.75, 3.05) is 39.6 Å². The van der Waals surface area contributed by atoms with Crippen molar-refractivity contribution in [3.05, 3.63) is 0 Å². The number of carbonyl (C=O) groups excluding carboxylic acids is 4. The minimum Gasteiger partial charge on any atom is -0.462 e. The number of hydrogen-bond donors (Lipinski definition) is 3. The summed E-state index contributed by atoms with van der Waals surface area (Å²) in [5.41, 5.74) is 0. The van der Waals surface area contributed by atoms with Gasteiger partial charge >= 0.3 is 39.5 Å². The zero-order chi connectivity index (χ0) is 79.2. The summed E-state index contributed by atoms with van der Waals surface area (Å²) in [6.45, 7) is 9.76. The van der Waals surface area contributed by atoms with Crippen LogP contribution in [0.15, 0.2) is 0 Å². The van der Waals surface area contributed by atoms with E-state index in [0.29, 0.717) is 25.7 Å². The van der Waals surface area contributed by atoms with E-state index in [1.54, 1.807) is 0 Å². The van der Waals surface area contributed by atoms with Gasteiger partial charge in [-0.1, -0.05) is 427 Å². The molecular formula is C89H174O17P2. The van der Waals surface area contributed by atoms with Crippen LogP contribution < -0.4 is 0 Å². The molecule has 0 aromatic heterocycles. The maximum absolute atomic E-state index is 13.2. The van der Waals surface area contributed by atoms with Gasteiger partial charge in [0.1, 0.15) is 19.3 Å².